The van der Waals surface area contributed by atoms with Crippen LogP contribution in [0.15, 0.2) is 23.6 Å². The summed E-state index contributed by atoms with van der Waals surface area (Å²) in [5.74, 6) is 0. The van der Waals surface area contributed by atoms with Crippen LogP contribution in [0.25, 0.3) is 5.57 Å². The van der Waals surface area contributed by atoms with Crippen LogP contribution in [0.5, 0.6) is 0 Å². The number of allylic oxidation sites excluding steroid dienone is 4. The maximum Gasteiger partial charge on any atom is 0.119 e. The number of nitrogens with two attached hydrogens (primary N) is 1. The third kappa shape index (κ3) is 2.49. The van der Waals surface area contributed by atoms with Gasteiger partial charge in [-0.3, -0.25) is 4.90 Å². The van der Waals surface area contributed by atoms with Crippen molar-refractivity contribution in [2.24, 2.45) is 5.73 Å². The SMILES string of the molecule is NC1CN(Cc2csc(C3=CC=CCC3)n2)C1. The molecular weight excluding hydrogens is 230 g/mol. The summed E-state index contributed by atoms with van der Waals surface area (Å²) in [4.78, 5) is 7.06. The number of likely N-dealkylation sites (tertiary alicyclic amines) is 1. The van der Waals surface area contributed by atoms with Gasteiger partial charge >= 0.3 is 0 Å². The number of nitrogens with zero attached hydrogens (tertiary/aromatic N) is 2. The largest absolute Gasteiger partial charge is 0.325 e. The van der Waals surface area contributed by atoms with Gasteiger partial charge in [-0.05, 0) is 18.4 Å². The second-order valence-electron chi connectivity index (χ2n) is 4.76. The number of rotatable bonds is 3. The smallest absolute Gasteiger partial charge is 0.119 e. The first-order chi connectivity index (χ1) is 8.31. The van der Waals surface area contributed by atoms with Crippen molar-refractivity contribution < 1.29 is 0 Å². The van der Waals surface area contributed by atoms with Crippen LogP contribution in [0, 0.1) is 0 Å². The van der Waals surface area contributed by atoms with Crippen LogP contribution in [0.2, 0.25) is 0 Å². The molecule has 1 aliphatic carbocycles. The average Bonchev–Trinajstić information content (AvgIpc) is 2.77. The summed E-state index contributed by atoms with van der Waals surface area (Å²) in [6.45, 7) is 2.98. The maximum absolute atomic E-state index is 5.77. The zero-order chi connectivity index (χ0) is 11.7. The number of thiazole rings is 1. The Morgan fingerprint density at radius 3 is 3.06 bits per heavy atom. The Morgan fingerprint density at radius 2 is 2.35 bits per heavy atom. The fourth-order valence-corrected chi connectivity index (χ4v) is 3.14. The Labute approximate surface area is 106 Å². The molecular formula is C13H17N3S. The van der Waals surface area contributed by atoms with Crippen molar-refractivity contribution in [3.63, 3.8) is 0 Å². The zero-order valence-electron chi connectivity index (χ0n) is 9.80. The molecule has 3 nitrogen and oxygen atoms in total. The van der Waals surface area contributed by atoms with Gasteiger partial charge in [-0.15, -0.1) is 11.3 Å². The van der Waals surface area contributed by atoms with E-state index < -0.39 is 0 Å². The molecule has 0 saturated carbocycles. The molecule has 0 spiro atoms. The Balaban J connectivity index is 1.66. The maximum atomic E-state index is 5.77. The summed E-state index contributed by atoms with van der Waals surface area (Å²) >= 11 is 1.76. The lowest BCUT2D eigenvalue weighted by Crippen LogP contribution is -2.54. The highest BCUT2D eigenvalue weighted by Gasteiger charge is 2.23. The standard InChI is InChI=1S/C13H17N3S/c14-11-6-16(7-11)8-12-9-17-13(15-12)10-4-2-1-3-5-10/h1-2,4,9,11H,3,5-8,14H2. The predicted octanol–water partition coefficient (Wildman–Crippen LogP) is 2.02. The minimum atomic E-state index is 0.374. The molecule has 90 valence electrons. The fraction of sp³-hybridized carbons (Fsp3) is 0.462. The van der Waals surface area contributed by atoms with Crippen molar-refractivity contribution in [3.8, 4) is 0 Å². The molecule has 0 unspecified atom stereocenters. The molecule has 2 aliphatic rings. The second-order valence-corrected chi connectivity index (χ2v) is 5.61. The quantitative estimate of drug-likeness (QED) is 0.888. The van der Waals surface area contributed by atoms with E-state index in [2.05, 4.69) is 28.5 Å². The van der Waals surface area contributed by atoms with Crippen molar-refractivity contribution in [2.45, 2.75) is 25.4 Å². The lowest BCUT2D eigenvalue weighted by atomic mass is 10.1. The Bertz CT molecular complexity index is 455. The van der Waals surface area contributed by atoms with Gasteiger partial charge in [0.2, 0.25) is 0 Å². The molecule has 0 aromatic carbocycles. The molecule has 17 heavy (non-hydrogen) atoms. The van der Waals surface area contributed by atoms with Crippen LogP contribution >= 0.6 is 11.3 Å². The van der Waals surface area contributed by atoms with Crippen molar-refractivity contribution in [1.82, 2.24) is 9.88 Å². The van der Waals surface area contributed by atoms with Crippen LogP contribution < -0.4 is 5.73 Å². The molecule has 3 rings (SSSR count). The predicted molar refractivity (Wildman–Crippen MR) is 71.7 cm³/mol. The second kappa shape index (κ2) is 4.72. The molecule has 0 atom stereocenters. The summed E-state index contributed by atoms with van der Waals surface area (Å²) in [7, 11) is 0. The lowest BCUT2D eigenvalue weighted by Gasteiger charge is -2.36. The zero-order valence-corrected chi connectivity index (χ0v) is 10.6. The lowest BCUT2D eigenvalue weighted by molar-refractivity contribution is 0.141. The Morgan fingerprint density at radius 1 is 1.47 bits per heavy atom. The molecule has 4 heteroatoms. The van der Waals surface area contributed by atoms with E-state index in [1.54, 1.807) is 11.3 Å². The average molecular weight is 247 g/mol. The monoisotopic (exact) mass is 247 g/mol. The van der Waals surface area contributed by atoms with E-state index in [0.29, 0.717) is 6.04 Å². The normalized spacial score (nSPS) is 21.4. The van der Waals surface area contributed by atoms with Crippen LogP contribution in [-0.4, -0.2) is 29.0 Å². The molecule has 2 heterocycles. The number of hydrogen-bond donors (Lipinski definition) is 1. The van der Waals surface area contributed by atoms with E-state index in [9.17, 15) is 0 Å². The van der Waals surface area contributed by atoms with Gasteiger partial charge in [-0.1, -0.05) is 18.2 Å². The van der Waals surface area contributed by atoms with E-state index in [1.807, 2.05) is 0 Å². The molecule has 0 bridgehead atoms. The molecule has 1 saturated heterocycles. The van der Waals surface area contributed by atoms with Crippen molar-refractivity contribution in [3.05, 3.63) is 34.3 Å². The Hall–Kier alpha value is -0.970. The summed E-state index contributed by atoms with van der Waals surface area (Å²) < 4.78 is 0. The molecule has 0 amide bonds. The first-order valence-electron chi connectivity index (χ1n) is 6.09. The van der Waals surface area contributed by atoms with E-state index in [1.165, 1.54) is 16.3 Å². The van der Waals surface area contributed by atoms with Gasteiger partial charge in [0.1, 0.15) is 5.01 Å². The van der Waals surface area contributed by atoms with E-state index in [0.717, 1.165) is 32.5 Å². The molecule has 1 fully saturated rings. The fourth-order valence-electron chi connectivity index (χ4n) is 2.28. The molecule has 2 N–H and O–H groups in total. The van der Waals surface area contributed by atoms with Gasteiger partial charge in [0.05, 0.1) is 5.69 Å². The van der Waals surface area contributed by atoms with Crippen molar-refractivity contribution in [1.29, 1.82) is 0 Å². The van der Waals surface area contributed by atoms with E-state index in [-0.39, 0.29) is 0 Å². The summed E-state index contributed by atoms with van der Waals surface area (Å²) in [5, 5.41) is 3.37. The van der Waals surface area contributed by atoms with Crippen molar-refractivity contribution in [2.75, 3.05) is 13.1 Å². The molecule has 1 aliphatic heterocycles. The van der Waals surface area contributed by atoms with Crippen LogP contribution in [0.1, 0.15) is 23.5 Å². The highest BCUT2D eigenvalue weighted by Crippen LogP contribution is 2.27. The first kappa shape index (κ1) is 11.1. The highest BCUT2D eigenvalue weighted by atomic mass is 32.1. The summed E-state index contributed by atoms with van der Waals surface area (Å²) in [5.41, 5.74) is 8.33. The van der Waals surface area contributed by atoms with E-state index >= 15 is 0 Å². The van der Waals surface area contributed by atoms with Gasteiger partial charge in [-0.2, -0.15) is 0 Å². The van der Waals surface area contributed by atoms with Gasteiger partial charge in [-0.25, -0.2) is 4.98 Å². The molecule has 1 aromatic rings. The van der Waals surface area contributed by atoms with Crippen LogP contribution in [0.3, 0.4) is 0 Å². The topological polar surface area (TPSA) is 42.1 Å². The van der Waals surface area contributed by atoms with Crippen LogP contribution in [-0.2, 0) is 6.54 Å². The number of hydrogen-bond acceptors (Lipinski definition) is 4. The molecule has 1 aromatic heterocycles. The minimum absolute atomic E-state index is 0.374. The summed E-state index contributed by atoms with van der Waals surface area (Å²) in [6, 6.07) is 0.374. The third-order valence-corrected chi connectivity index (χ3v) is 4.18. The van der Waals surface area contributed by atoms with Gasteiger partial charge in [0.25, 0.3) is 0 Å². The first-order valence-corrected chi connectivity index (χ1v) is 6.97. The highest BCUT2D eigenvalue weighted by molar-refractivity contribution is 7.10. The third-order valence-electron chi connectivity index (χ3n) is 3.21. The Kier molecular flexibility index (Phi) is 3.09. The van der Waals surface area contributed by atoms with Gasteiger partial charge in [0.15, 0.2) is 0 Å². The summed E-state index contributed by atoms with van der Waals surface area (Å²) in [6.07, 6.45) is 8.79. The number of aromatic nitrogens is 1. The minimum Gasteiger partial charge on any atom is -0.325 e. The van der Waals surface area contributed by atoms with Gasteiger partial charge < -0.3 is 5.73 Å². The van der Waals surface area contributed by atoms with E-state index in [4.69, 9.17) is 10.7 Å². The van der Waals surface area contributed by atoms with Crippen molar-refractivity contribution >= 4 is 16.9 Å². The van der Waals surface area contributed by atoms with Crippen LogP contribution in [0.4, 0.5) is 0 Å². The molecule has 0 radical (unpaired) electrons. The van der Waals surface area contributed by atoms with Gasteiger partial charge in [0, 0.05) is 31.1 Å².